The van der Waals surface area contributed by atoms with Gasteiger partial charge >= 0.3 is 0 Å². The van der Waals surface area contributed by atoms with Gasteiger partial charge in [-0.2, -0.15) is 0 Å². The van der Waals surface area contributed by atoms with E-state index in [0.29, 0.717) is 36.0 Å². The molecule has 140 valence electrons. The topological polar surface area (TPSA) is 40.6 Å². The summed E-state index contributed by atoms with van der Waals surface area (Å²) in [6.07, 6.45) is 1.59. The maximum absolute atomic E-state index is 12.8. The molecule has 2 aliphatic heterocycles. The lowest BCUT2D eigenvalue weighted by Crippen LogP contribution is -2.52. The molecule has 0 bridgehead atoms. The zero-order valence-corrected chi connectivity index (χ0v) is 16.5. The molecule has 0 saturated carbocycles. The number of thioether (sulfide) groups is 1. The quantitative estimate of drug-likeness (QED) is 0.780. The maximum atomic E-state index is 12.8. The molecule has 0 N–H and O–H groups in total. The van der Waals surface area contributed by atoms with Gasteiger partial charge in [-0.25, -0.2) is 0 Å². The fourth-order valence-corrected chi connectivity index (χ4v) is 5.39. The Morgan fingerprint density at radius 1 is 1.07 bits per heavy atom. The fraction of sp³-hybridized carbons (Fsp3) is 0.333. The second-order valence-corrected chi connectivity index (χ2v) is 8.78. The molecule has 2 heterocycles. The first-order valence-electron chi connectivity index (χ1n) is 9.11. The van der Waals surface area contributed by atoms with Gasteiger partial charge in [0.15, 0.2) is 0 Å². The van der Waals surface area contributed by atoms with Gasteiger partial charge in [-0.15, -0.1) is 11.8 Å². The molecule has 2 saturated heterocycles. The Morgan fingerprint density at radius 2 is 1.81 bits per heavy atom. The van der Waals surface area contributed by atoms with Gasteiger partial charge in [0, 0.05) is 30.2 Å². The Hall–Kier alpha value is -1.98. The summed E-state index contributed by atoms with van der Waals surface area (Å²) in [7, 11) is 0. The lowest BCUT2D eigenvalue weighted by atomic mass is 10.00. The number of carbonyl (C=O) groups excluding carboxylic acids is 2. The minimum absolute atomic E-state index is 0.0104. The Balaban J connectivity index is 1.46. The fourth-order valence-electron chi connectivity index (χ4n) is 3.85. The van der Waals surface area contributed by atoms with Gasteiger partial charge < -0.3 is 9.80 Å². The Kier molecular flexibility index (Phi) is 5.15. The summed E-state index contributed by atoms with van der Waals surface area (Å²) in [6, 6.07) is 17.2. The standard InChI is InChI=1S/C21H21ClN2O2S/c22-18-8-4-7-17(13-18)20(26)23-11-9-21(10-12-23)24(19(25)15-27-21)14-16-5-2-1-3-6-16/h1-8,13H,9-12,14-15H2. The van der Waals surface area contributed by atoms with Crippen LogP contribution < -0.4 is 0 Å². The molecule has 0 unspecified atom stereocenters. The number of hydrogen-bond acceptors (Lipinski definition) is 3. The third kappa shape index (κ3) is 3.71. The average molecular weight is 401 g/mol. The number of likely N-dealkylation sites (tertiary alicyclic amines) is 1. The van der Waals surface area contributed by atoms with E-state index in [9.17, 15) is 9.59 Å². The smallest absolute Gasteiger partial charge is 0.253 e. The molecule has 4 rings (SSSR count). The number of hydrogen-bond donors (Lipinski definition) is 0. The SMILES string of the molecule is O=C(c1cccc(Cl)c1)N1CCC2(CC1)SCC(=O)N2Cc1ccccc1. The number of piperidine rings is 1. The third-order valence-corrected chi connectivity index (χ3v) is 7.14. The molecule has 0 aliphatic carbocycles. The molecule has 4 nitrogen and oxygen atoms in total. The molecular formula is C21H21ClN2O2S. The summed E-state index contributed by atoms with van der Waals surface area (Å²) in [5.74, 6) is 0.726. The summed E-state index contributed by atoms with van der Waals surface area (Å²) >= 11 is 7.75. The van der Waals surface area contributed by atoms with Crippen molar-refractivity contribution in [3.63, 3.8) is 0 Å². The molecule has 0 aromatic heterocycles. The van der Waals surface area contributed by atoms with Crippen LogP contribution >= 0.6 is 23.4 Å². The molecule has 2 amide bonds. The minimum Gasteiger partial charge on any atom is -0.338 e. The summed E-state index contributed by atoms with van der Waals surface area (Å²) in [5, 5.41) is 0.570. The van der Waals surface area contributed by atoms with Gasteiger partial charge in [-0.1, -0.05) is 48.0 Å². The molecule has 2 fully saturated rings. The largest absolute Gasteiger partial charge is 0.338 e. The second kappa shape index (κ2) is 7.56. The average Bonchev–Trinajstić information content (AvgIpc) is 2.99. The Labute approximate surface area is 168 Å². The molecule has 2 aliphatic rings. The van der Waals surface area contributed by atoms with Crippen LogP contribution in [0.2, 0.25) is 5.02 Å². The zero-order chi connectivity index (χ0) is 18.9. The normalized spacial score (nSPS) is 18.9. The Bertz CT molecular complexity index is 850. The van der Waals surface area contributed by atoms with E-state index in [2.05, 4.69) is 12.1 Å². The summed E-state index contributed by atoms with van der Waals surface area (Å²) in [6.45, 7) is 1.93. The van der Waals surface area contributed by atoms with E-state index in [4.69, 9.17) is 11.6 Å². The first-order valence-corrected chi connectivity index (χ1v) is 10.5. The molecule has 2 aromatic carbocycles. The van der Waals surface area contributed by atoms with E-state index in [1.54, 1.807) is 36.0 Å². The van der Waals surface area contributed by atoms with Crippen LogP contribution in [-0.4, -0.2) is 45.3 Å². The second-order valence-electron chi connectivity index (χ2n) is 7.00. The van der Waals surface area contributed by atoms with Gasteiger partial charge in [0.25, 0.3) is 5.91 Å². The zero-order valence-electron chi connectivity index (χ0n) is 14.9. The van der Waals surface area contributed by atoms with Crippen molar-refractivity contribution in [3.05, 3.63) is 70.7 Å². The van der Waals surface area contributed by atoms with E-state index in [0.717, 1.165) is 18.4 Å². The van der Waals surface area contributed by atoms with Crippen molar-refractivity contribution in [1.29, 1.82) is 0 Å². The number of benzene rings is 2. The summed E-state index contributed by atoms with van der Waals surface area (Å²) in [5.41, 5.74) is 1.76. The van der Waals surface area contributed by atoms with E-state index < -0.39 is 0 Å². The Morgan fingerprint density at radius 3 is 2.52 bits per heavy atom. The van der Waals surface area contributed by atoms with Crippen LogP contribution in [0.4, 0.5) is 0 Å². The summed E-state index contributed by atoms with van der Waals surface area (Å²) < 4.78 is 0. The highest BCUT2D eigenvalue weighted by atomic mass is 35.5. The summed E-state index contributed by atoms with van der Waals surface area (Å²) in [4.78, 5) is 29.0. The van der Waals surface area contributed by atoms with Crippen molar-refractivity contribution in [1.82, 2.24) is 9.80 Å². The van der Waals surface area contributed by atoms with Crippen molar-refractivity contribution < 1.29 is 9.59 Å². The van der Waals surface area contributed by atoms with Crippen LogP contribution in [0.15, 0.2) is 54.6 Å². The minimum atomic E-state index is -0.196. The number of halogens is 1. The maximum Gasteiger partial charge on any atom is 0.253 e. The van der Waals surface area contributed by atoms with Gasteiger partial charge in [0.2, 0.25) is 5.91 Å². The molecule has 2 aromatic rings. The van der Waals surface area contributed by atoms with Gasteiger partial charge in [-0.05, 0) is 36.6 Å². The lowest BCUT2D eigenvalue weighted by Gasteiger charge is -2.44. The monoisotopic (exact) mass is 400 g/mol. The third-order valence-electron chi connectivity index (χ3n) is 5.34. The van der Waals surface area contributed by atoms with Crippen LogP contribution in [0, 0.1) is 0 Å². The van der Waals surface area contributed by atoms with E-state index in [-0.39, 0.29) is 16.7 Å². The van der Waals surface area contributed by atoms with E-state index in [1.807, 2.05) is 28.0 Å². The van der Waals surface area contributed by atoms with Crippen molar-refractivity contribution >= 4 is 35.2 Å². The number of carbonyl (C=O) groups is 2. The van der Waals surface area contributed by atoms with E-state index in [1.165, 1.54) is 0 Å². The van der Waals surface area contributed by atoms with Crippen LogP contribution in [0.3, 0.4) is 0 Å². The molecule has 27 heavy (non-hydrogen) atoms. The first-order chi connectivity index (χ1) is 13.1. The highest BCUT2D eigenvalue weighted by Gasteiger charge is 2.48. The molecule has 0 radical (unpaired) electrons. The molecule has 0 atom stereocenters. The van der Waals surface area contributed by atoms with E-state index >= 15 is 0 Å². The van der Waals surface area contributed by atoms with Crippen LogP contribution in [0.1, 0.15) is 28.8 Å². The van der Waals surface area contributed by atoms with Crippen molar-refractivity contribution in [2.24, 2.45) is 0 Å². The highest BCUT2D eigenvalue weighted by Crippen LogP contribution is 2.45. The van der Waals surface area contributed by atoms with Gasteiger partial charge in [0.1, 0.15) is 0 Å². The number of rotatable bonds is 3. The predicted molar refractivity (Wildman–Crippen MR) is 109 cm³/mol. The number of amides is 2. The molecular weight excluding hydrogens is 380 g/mol. The lowest BCUT2D eigenvalue weighted by molar-refractivity contribution is -0.131. The van der Waals surface area contributed by atoms with Crippen LogP contribution in [0.5, 0.6) is 0 Å². The van der Waals surface area contributed by atoms with Crippen molar-refractivity contribution in [2.75, 3.05) is 18.8 Å². The van der Waals surface area contributed by atoms with Crippen molar-refractivity contribution in [3.8, 4) is 0 Å². The number of nitrogens with zero attached hydrogens (tertiary/aromatic N) is 2. The van der Waals surface area contributed by atoms with Crippen LogP contribution in [-0.2, 0) is 11.3 Å². The highest BCUT2D eigenvalue weighted by molar-refractivity contribution is 8.01. The van der Waals surface area contributed by atoms with Gasteiger partial charge in [-0.3, -0.25) is 9.59 Å². The van der Waals surface area contributed by atoms with Crippen molar-refractivity contribution in [2.45, 2.75) is 24.3 Å². The molecule has 1 spiro atoms. The predicted octanol–water partition coefficient (Wildman–Crippen LogP) is 4.05. The first kappa shape index (κ1) is 18.4. The molecule has 6 heteroatoms. The van der Waals surface area contributed by atoms with Gasteiger partial charge in [0.05, 0.1) is 10.6 Å². The van der Waals surface area contributed by atoms with Crippen LogP contribution in [0.25, 0.3) is 0 Å².